The maximum Gasteiger partial charge on any atom is 0.146 e. The van der Waals surface area contributed by atoms with Crippen molar-refractivity contribution >= 4 is 33.2 Å². The highest BCUT2D eigenvalue weighted by Crippen LogP contribution is 2.28. The summed E-state index contributed by atoms with van der Waals surface area (Å²) < 4.78 is 14.1. The van der Waals surface area contributed by atoms with Crippen molar-refractivity contribution in [3.63, 3.8) is 0 Å². The van der Waals surface area contributed by atoms with E-state index in [9.17, 15) is 9.50 Å². The lowest BCUT2D eigenvalue weighted by Gasteiger charge is -2.10. The molecule has 2 nitrogen and oxygen atoms in total. The van der Waals surface area contributed by atoms with Gasteiger partial charge in [0.05, 0.1) is 10.2 Å². The first-order valence-electron chi connectivity index (χ1n) is 5.23. The fourth-order valence-electron chi connectivity index (χ4n) is 1.53. The smallest absolute Gasteiger partial charge is 0.146 e. The molecule has 5 heteroatoms. The lowest BCUT2D eigenvalue weighted by Crippen LogP contribution is -2.01. The van der Waals surface area contributed by atoms with Gasteiger partial charge in [-0.2, -0.15) is 0 Å². The first kappa shape index (κ1) is 13.2. The van der Waals surface area contributed by atoms with Crippen LogP contribution in [0, 0.1) is 5.82 Å². The summed E-state index contributed by atoms with van der Waals surface area (Å²) in [5.74, 6) is -0.235. The van der Waals surface area contributed by atoms with Crippen LogP contribution in [0.4, 0.5) is 10.1 Å². The molecular weight excluding hydrogens is 321 g/mol. The van der Waals surface area contributed by atoms with Gasteiger partial charge < -0.3 is 10.4 Å². The molecule has 0 heterocycles. The molecule has 0 aliphatic heterocycles. The molecule has 2 aromatic rings. The third kappa shape index (κ3) is 2.94. The zero-order chi connectivity index (χ0) is 13.1. The first-order chi connectivity index (χ1) is 8.58. The fraction of sp³-hybridized carbons (Fsp3) is 0.0769. The number of rotatable bonds is 3. The Morgan fingerprint density at radius 1 is 1.28 bits per heavy atom. The zero-order valence-corrected chi connectivity index (χ0v) is 11.6. The molecule has 0 saturated heterocycles. The lowest BCUT2D eigenvalue weighted by molar-refractivity contribution is 0.465. The largest absolute Gasteiger partial charge is 0.506 e. The molecule has 0 spiro atoms. The Balaban J connectivity index is 2.16. The van der Waals surface area contributed by atoms with Crippen molar-refractivity contribution in [1.82, 2.24) is 0 Å². The molecule has 2 aromatic carbocycles. The van der Waals surface area contributed by atoms with Crippen molar-refractivity contribution in [1.29, 1.82) is 0 Å². The Hall–Kier alpha value is -1.26. The van der Waals surface area contributed by atoms with Crippen molar-refractivity contribution < 1.29 is 9.50 Å². The van der Waals surface area contributed by atoms with Crippen LogP contribution in [0.2, 0.25) is 5.02 Å². The number of aromatic hydroxyl groups is 1. The molecule has 0 fully saturated rings. The number of halogens is 3. The van der Waals surface area contributed by atoms with Gasteiger partial charge in [-0.05, 0) is 40.2 Å². The molecule has 2 N–H and O–H groups in total. The summed E-state index contributed by atoms with van der Waals surface area (Å²) in [4.78, 5) is 0. The van der Waals surface area contributed by atoms with Crippen molar-refractivity contribution in [2.75, 3.05) is 5.32 Å². The van der Waals surface area contributed by atoms with E-state index in [2.05, 4.69) is 21.2 Å². The molecule has 18 heavy (non-hydrogen) atoms. The molecule has 94 valence electrons. The van der Waals surface area contributed by atoms with Crippen LogP contribution in [0.1, 0.15) is 5.56 Å². The summed E-state index contributed by atoms with van der Waals surface area (Å²) in [5, 5.41) is 13.1. The van der Waals surface area contributed by atoms with Crippen LogP contribution in [0.5, 0.6) is 5.75 Å². The Kier molecular flexibility index (Phi) is 4.09. The highest BCUT2D eigenvalue weighted by atomic mass is 79.9. The molecular formula is C13H10BrClFNO. The molecule has 0 saturated carbocycles. The Labute approximate surface area is 118 Å². The summed E-state index contributed by atoms with van der Waals surface area (Å²) in [7, 11) is 0. The predicted octanol–water partition coefficient (Wildman–Crippen LogP) is 4.56. The number of para-hydroxylation sites is 1. The minimum absolute atomic E-state index is 0.146. The van der Waals surface area contributed by atoms with Gasteiger partial charge in [0, 0.05) is 17.1 Å². The van der Waals surface area contributed by atoms with Crippen molar-refractivity contribution in [2.45, 2.75) is 6.54 Å². The van der Waals surface area contributed by atoms with Gasteiger partial charge in [-0.3, -0.25) is 0 Å². The number of phenolic OH excluding ortho intramolecular Hbond substituents is 1. The van der Waals surface area contributed by atoms with Crippen molar-refractivity contribution in [3.8, 4) is 5.75 Å². The van der Waals surface area contributed by atoms with Crippen LogP contribution in [-0.2, 0) is 6.54 Å². The van der Waals surface area contributed by atoms with E-state index in [1.165, 1.54) is 18.2 Å². The van der Waals surface area contributed by atoms with E-state index in [-0.39, 0.29) is 11.6 Å². The monoisotopic (exact) mass is 329 g/mol. The van der Waals surface area contributed by atoms with Crippen LogP contribution in [0.3, 0.4) is 0 Å². The van der Waals surface area contributed by atoms with Crippen LogP contribution in [-0.4, -0.2) is 5.11 Å². The molecule has 0 aromatic heterocycles. The number of hydrogen-bond acceptors (Lipinski definition) is 2. The van der Waals surface area contributed by atoms with Crippen LogP contribution >= 0.6 is 27.5 Å². The lowest BCUT2D eigenvalue weighted by atomic mass is 10.2. The summed E-state index contributed by atoms with van der Waals surface area (Å²) in [5.41, 5.74) is 0.977. The first-order valence-corrected chi connectivity index (χ1v) is 6.40. The number of hydrogen-bond donors (Lipinski definition) is 2. The second-order valence-electron chi connectivity index (χ2n) is 3.73. The van der Waals surface area contributed by atoms with Crippen LogP contribution < -0.4 is 5.32 Å². The van der Waals surface area contributed by atoms with E-state index in [4.69, 9.17) is 11.6 Å². The quantitative estimate of drug-likeness (QED) is 0.864. The summed E-state index contributed by atoms with van der Waals surface area (Å²) in [6.07, 6.45) is 0. The number of nitrogens with one attached hydrogen (secondary N) is 1. The Morgan fingerprint density at radius 3 is 2.83 bits per heavy atom. The molecule has 0 radical (unpaired) electrons. The van der Waals surface area contributed by atoms with E-state index in [0.717, 1.165) is 0 Å². The minimum atomic E-state index is -0.381. The third-order valence-corrected chi connectivity index (χ3v) is 3.34. The molecule has 0 aliphatic rings. The average Bonchev–Trinajstić information content (AvgIpc) is 2.35. The van der Waals surface area contributed by atoms with Gasteiger partial charge in [-0.15, -0.1) is 0 Å². The minimum Gasteiger partial charge on any atom is -0.506 e. The molecule has 2 rings (SSSR count). The van der Waals surface area contributed by atoms with Gasteiger partial charge in [0.1, 0.15) is 11.6 Å². The second-order valence-corrected chi connectivity index (χ2v) is 5.02. The molecule has 0 atom stereocenters. The number of phenols is 1. The van der Waals surface area contributed by atoms with E-state index >= 15 is 0 Å². The third-order valence-electron chi connectivity index (χ3n) is 2.47. The van der Waals surface area contributed by atoms with E-state index < -0.39 is 0 Å². The molecule has 0 amide bonds. The summed E-state index contributed by atoms with van der Waals surface area (Å²) in [6.45, 7) is 0.308. The fourth-order valence-corrected chi connectivity index (χ4v) is 2.11. The van der Waals surface area contributed by atoms with Gasteiger partial charge in [0.25, 0.3) is 0 Å². The normalized spacial score (nSPS) is 10.4. The molecule has 0 unspecified atom stereocenters. The topological polar surface area (TPSA) is 32.3 Å². The SMILES string of the molecule is Oc1c(Br)cccc1CNc1cc(Cl)ccc1F. The van der Waals surface area contributed by atoms with Gasteiger partial charge in [-0.25, -0.2) is 4.39 Å². The van der Waals surface area contributed by atoms with Gasteiger partial charge in [-0.1, -0.05) is 23.7 Å². The van der Waals surface area contributed by atoms with Gasteiger partial charge in [0.2, 0.25) is 0 Å². The number of anilines is 1. The van der Waals surface area contributed by atoms with Crippen molar-refractivity contribution in [2.24, 2.45) is 0 Å². The van der Waals surface area contributed by atoms with Crippen LogP contribution in [0.15, 0.2) is 40.9 Å². The average molecular weight is 331 g/mol. The maximum atomic E-state index is 13.5. The molecule has 0 bridgehead atoms. The van der Waals surface area contributed by atoms with E-state index in [1.807, 2.05) is 0 Å². The zero-order valence-electron chi connectivity index (χ0n) is 9.25. The summed E-state index contributed by atoms with van der Waals surface area (Å²) >= 11 is 9.02. The van der Waals surface area contributed by atoms with Crippen LogP contribution in [0.25, 0.3) is 0 Å². The maximum absolute atomic E-state index is 13.5. The van der Waals surface area contributed by atoms with E-state index in [0.29, 0.717) is 27.3 Å². The Morgan fingerprint density at radius 2 is 2.06 bits per heavy atom. The second kappa shape index (κ2) is 5.59. The van der Waals surface area contributed by atoms with E-state index in [1.54, 1.807) is 18.2 Å². The van der Waals surface area contributed by atoms with Gasteiger partial charge >= 0.3 is 0 Å². The molecule has 0 aliphatic carbocycles. The van der Waals surface area contributed by atoms with Gasteiger partial charge in [0.15, 0.2) is 0 Å². The van der Waals surface area contributed by atoms with Crippen molar-refractivity contribution in [3.05, 3.63) is 57.3 Å². The number of benzene rings is 2. The highest BCUT2D eigenvalue weighted by molar-refractivity contribution is 9.10. The Bertz CT molecular complexity index is 575. The summed E-state index contributed by atoms with van der Waals surface area (Å²) in [6, 6.07) is 9.58. The predicted molar refractivity (Wildman–Crippen MR) is 74.5 cm³/mol. The standard InChI is InChI=1S/C13H10BrClFNO/c14-10-3-1-2-8(13(10)18)7-17-12-6-9(15)4-5-11(12)16/h1-6,17-18H,7H2. The highest BCUT2D eigenvalue weighted by Gasteiger charge is 2.06.